The van der Waals surface area contributed by atoms with E-state index in [2.05, 4.69) is 15.5 Å². The Kier molecular flexibility index (Phi) is 8.38. The molecule has 1 aromatic heterocycles. The van der Waals surface area contributed by atoms with E-state index in [1.807, 2.05) is 42.1 Å². The molecule has 0 radical (unpaired) electrons. The maximum atomic E-state index is 12.7. The van der Waals surface area contributed by atoms with Gasteiger partial charge in [0, 0.05) is 49.8 Å². The van der Waals surface area contributed by atoms with Crippen LogP contribution in [0.15, 0.2) is 42.6 Å². The fourth-order valence-electron chi connectivity index (χ4n) is 4.81. The lowest BCUT2D eigenvalue weighted by Gasteiger charge is -2.17. The Labute approximate surface area is 216 Å². The molecule has 3 aromatic rings. The van der Waals surface area contributed by atoms with Gasteiger partial charge in [0.1, 0.15) is 5.75 Å². The third-order valence-corrected chi connectivity index (χ3v) is 7.14. The number of carbonyl (C=O) groups is 2. The summed E-state index contributed by atoms with van der Waals surface area (Å²) in [6.07, 6.45) is 4.86. The average Bonchev–Trinajstić information content (AvgIpc) is 3.48. The van der Waals surface area contributed by atoms with Crippen molar-refractivity contribution < 1.29 is 14.3 Å². The Morgan fingerprint density at radius 2 is 1.92 bits per heavy atom. The Hall–Kier alpha value is -3.23. The molecular weight excluding hydrogens is 478 g/mol. The first-order valence-corrected chi connectivity index (χ1v) is 12.7. The number of benzene rings is 2. The number of carbonyl (C=O) groups excluding carboxylic acids is 2. The number of aromatic nitrogens is 1. The fraction of sp³-hybridized carbons (Fsp3) is 0.407. The molecule has 192 valence electrons. The first kappa shape index (κ1) is 25.9. The second-order valence-corrected chi connectivity index (χ2v) is 9.78. The summed E-state index contributed by atoms with van der Waals surface area (Å²) in [4.78, 5) is 27.7. The van der Waals surface area contributed by atoms with Crippen molar-refractivity contribution in [2.24, 2.45) is 13.0 Å². The number of nitrogens with two attached hydrogens (primary N) is 1. The second-order valence-electron chi connectivity index (χ2n) is 9.37. The van der Waals surface area contributed by atoms with E-state index in [9.17, 15) is 9.59 Å². The predicted octanol–water partition coefficient (Wildman–Crippen LogP) is 3.68. The van der Waals surface area contributed by atoms with Crippen molar-refractivity contribution >= 4 is 40.0 Å². The molecule has 1 aliphatic rings. The van der Waals surface area contributed by atoms with Crippen molar-refractivity contribution in [2.45, 2.75) is 19.3 Å². The summed E-state index contributed by atoms with van der Waals surface area (Å²) in [5.41, 5.74) is 8.34. The van der Waals surface area contributed by atoms with Crippen LogP contribution in [0.1, 0.15) is 40.0 Å². The molecule has 9 heteroatoms. The zero-order chi connectivity index (χ0) is 25.7. The Balaban J connectivity index is 1.15. The van der Waals surface area contributed by atoms with E-state index in [0.29, 0.717) is 41.0 Å². The number of likely N-dealkylation sites (tertiary alicyclic amines) is 1. The molecule has 1 saturated heterocycles. The van der Waals surface area contributed by atoms with Crippen molar-refractivity contribution in [2.75, 3.05) is 45.6 Å². The van der Waals surface area contributed by atoms with Gasteiger partial charge in [-0.05, 0) is 50.4 Å². The van der Waals surface area contributed by atoms with E-state index in [0.717, 1.165) is 55.4 Å². The number of anilines is 1. The maximum Gasteiger partial charge on any atom is 0.255 e. The standard InChI is InChI=1S/C27H34ClN5O3/c1-32-17-21(19-7-3-4-8-24(19)32)27(35)30-10-5-6-11-33-12-9-18(16-33)15-31-26(34)20-13-22(28)23(29)14-25(20)36-2/h3-4,7-8,13-14,17-18H,5-6,9-12,15-16,29H2,1-2H3,(H,30,35)(H,31,34). The zero-order valence-electron chi connectivity index (χ0n) is 20.9. The minimum atomic E-state index is -0.214. The van der Waals surface area contributed by atoms with Gasteiger partial charge in [0.15, 0.2) is 0 Å². The highest BCUT2D eigenvalue weighted by Crippen LogP contribution is 2.29. The topological polar surface area (TPSA) is 102 Å². The molecule has 36 heavy (non-hydrogen) atoms. The van der Waals surface area contributed by atoms with Crippen LogP contribution < -0.4 is 21.1 Å². The number of amides is 2. The van der Waals surface area contributed by atoms with Gasteiger partial charge in [-0.15, -0.1) is 0 Å². The number of aryl methyl sites for hydroxylation is 1. The second kappa shape index (κ2) is 11.7. The normalized spacial score (nSPS) is 15.8. The number of ether oxygens (including phenoxy) is 1. The number of methoxy groups -OCH3 is 1. The van der Waals surface area contributed by atoms with Crippen molar-refractivity contribution in [1.82, 2.24) is 20.1 Å². The van der Waals surface area contributed by atoms with E-state index >= 15 is 0 Å². The van der Waals surface area contributed by atoms with Gasteiger partial charge < -0.3 is 30.6 Å². The van der Waals surface area contributed by atoms with Crippen LogP contribution in [0.5, 0.6) is 5.75 Å². The number of fused-ring (bicyclic) bond motifs is 1. The molecule has 1 unspecified atom stereocenters. The Morgan fingerprint density at radius 1 is 1.14 bits per heavy atom. The van der Waals surface area contributed by atoms with Gasteiger partial charge >= 0.3 is 0 Å². The summed E-state index contributed by atoms with van der Waals surface area (Å²) in [6, 6.07) is 11.1. The molecular formula is C27H34ClN5O3. The quantitative estimate of drug-likeness (QED) is 0.285. The van der Waals surface area contributed by atoms with E-state index < -0.39 is 0 Å². The lowest BCUT2D eigenvalue weighted by Crippen LogP contribution is -2.31. The highest BCUT2D eigenvalue weighted by molar-refractivity contribution is 6.33. The van der Waals surface area contributed by atoms with Crippen LogP contribution in [0.2, 0.25) is 5.02 Å². The number of nitrogen functional groups attached to an aromatic ring is 1. The fourth-order valence-corrected chi connectivity index (χ4v) is 4.97. The van der Waals surface area contributed by atoms with Gasteiger partial charge in [-0.2, -0.15) is 0 Å². The highest BCUT2D eigenvalue weighted by Gasteiger charge is 2.23. The van der Waals surface area contributed by atoms with E-state index in [-0.39, 0.29) is 11.8 Å². The van der Waals surface area contributed by atoms with Crippen LogP contribution >= 0.6 is 11.6 Å². The van der Waals surface area contributed by atoms with Gasteiger partial charge in [0.2, 0.25) is 0 Å². The van der Waals surface area contributed by atoms with Gasteiger partial charge in [0.05, 0.1) is 28.9 Å². The molecule has 1 aliphatic heterocycles. The summed E-state index contributed by atoms with van der Waals surface area (Å²) in [5, 5.41) is 7.38. The number of hydrogen-bond donors (Lipinski definition) is 3. The monoisotopic (exact) mass is 511 g/mol. The molecule has 2 heterocycles. The first-order chi connectivity index (χ1) is 17.4. The maximum absolute atomic E-state index is 12.7. The van der Waals surface area contributed by atoms with Gasteiger partial charge in [-0.3, -0.25) is 9.59 Å². The molecule has 0 spiro atoms. The number of rotatable bonds is 10. The molecule has 8 nitrogen and oxygen atoms in total. The molecule has 0 saturated carbocycles. The zero-order valence-corrected chi connectivity index (χ0v) is 21.6. The number of para-hydroxylation sites is 1. The van der Waals surface area contributed by atoms with Crippen LogP contribution in [0.25, 0.3) is 10.9 Å². The number of nitrogens with one attached hydrogen (secondary N) is 2. The molecule has 2 amide bonds. The van der Waals surface area contributed by atoms with E-state index in [1.54, 1.807) is 12.1 Å². The van der Waals surface area contributed by atoms with Crippen LogP contribution in [0.4, 0.5) is 5.69 Å². The highest BCUT2D eigenvalue weighted by atomic mass is 35.5. The SMILES string of the molecule is COc1cc(N)c(Cl)cc1C(=O)NCC1CCN(CCCCNC(=O)c2cn(C)c3ccccc23)C1. The van der Waals surface area contributed by atoms with E-state index in [4.69, 9.17) is 22.1 Å². The number of hydrogen-bond acceptors (Lipinski definition) is 5. The van der Waals surface area contributed by atoms with Gasteiger partial charge in [-0.1, -0.05) is 29.8 Å². The third-order valence-electron chi connectivity index (χ3n) is 6.81. The van der Waals surface area contributed by atoms with Crippen molar-refractivity contribution in [3.63, 3.8) is 0 Å². The van der Waals surface area contributed by atoms with Crippen LogP contribution in [0, 0.1) is 5.92 Å². The lowest BCUT2D eigenvalue weighted by molar-refractivity contribution is 0.0939. The molecule has 4 rings (SSSR count). The molecule has 2 aromatic carbocycles. The van der Waals surface area contributed by atoms with Crippen molar-refractivity contribution in [1.29, 1.82) is 0 Å². The average molecular weight is 512 g/mol. The van der Waals surface area contributed by atoms with Crippen LogP contribution in [-0.4, -0.2) is 61.1 Å². The number of halogens is 1. The number of unbranched alkanes of at least 4 members (excludes halogenated alkanes) is 1. The van der Waals surface area contributed by atoms with Crippen molar-refractivity contribution in [3.8, 4) is 5.75 Å². The predicted molar refractivity (Wildman–Crippen MR) is 144 cm³/mol. The molecule has 0 bridgehead atoms. The minimum absolute atomic E-state index is 0.0252. The van der Waals surface area contributed by atoms with Crippen molar-refractivity contribution in [3.05, 3.63) is 58.7 Å². The summed E-state index contributed by atoms with van der Waals surface area (Å²) in [7, 11) is 3.46. The smallest absolute Gasteiger partial charge is 0.255 e. The Bertz CT molecular complexity index is 1240. The molecule has 4 N–H and O–H groups in total. The third kappa shape index (κ3) is 5.94. The minimum Gasteiger partial charge on any atom is -0.496 e. The summed E-state index contributed by atoms with van der Waals surface area (Å²) >= 11 is 6.09. The largest absolute Gasteiger partial charge is 0.496 e. The van der Waals surface area contributed by atoms with Gasteiger partial charge in [-0.25, -0.2) is 0 Å². The Morgan fingerprint density at radius 3 is 2.72 bits per heavy atom. The summed E-state index contributed by atoms with van der Waals surface area (Å²) < 4.78 is 7.26. The van der Waals surface area contributed by atoms with E-state index in [1.165, 1.54) is 7.11 Å². The first-order valence-electron chi connectivity index (χ1n) is 12.3. The lowest BCUT2D eigenvalue weighted by atomic mass is 10.1. The van der Waals surface area contributed by atoms with Gasteiger partial charge in [0.25, 0.3) is 11.8 Å². The molecule has 1 fully saturated rings. The van der Waals surface area contributed by atoms with Crippen LogP contribution in [0.3, 0.4) is 0 Å². The molecule has 1 atom stereocenters. The summed E-state index contributed by atoms with van der Waals surface area (Å²) in [6.45, 7) is 4.20. The van der Waals surface area contributed by atoms with Crippen LogP contribution in [-0.2, 0) is 7.05 Å². The summed E-state index contributed by atoms with van der Waals surface area (Å²) in [5.74, 6) is 0.571. The number of nitrogens with zero attached hydrogens (tertiary/aromatic N) is 2. The molecule has 0 aliphatic carbocycles.